The number of nitrogens with zero attached hydrogens (tertiary/aromatic N) is 2. The van der Waals surface area contributed by atoms with Crippen LogP contribution in [0.4, 0.5) is 4.79 Å². The van der Waals surface area contributed by atoms with Gasteiger partial charge in [0.15, 0.2) is 0 Å². The van der Waals surface area contributed by atoms with E-state index in [2.05, 4.69) is 34.7 Å². The van der Waals surface area contributed by atoms with Gasteiger partial charge >= 0.3 is 6.03 Å². The summed E-state index contributed by atoms with van der Waals surface area (Å²) in [5.74, 6) is 0.384. The molecular formula is C11H20N4OS. The summed E-state index contributed by atoms with van der Waals surface area (Å²) in [7, 11) is 0. The van der Waals surface area contributed by atoms with E-state index in [1.165, 1.54) is 0 Å². The maximum absolute atomic E-state index is 11.5. The Bertz CT molecular complexity index is 364. The fourth-order valence-corrected chi connectivity index (χ4v) is 1.89. The molecule has 96 valence electrons. The molecule has 0 bridgehead atoms. The lowest BCUT2D eigenvalue weighted by Gasteiger charge is -2.11. The van der Waals surface area contributed by atoms with E-state index in [1.54, 1.807) is 11.3 Å². The number of carbonyl (C=O) groups is 1. The van der Waals surface area contributed by atoms with Crippen LogP contribution in [-0.4, -0.2) is 22.3 Å². The Kier molecular flexibility index (Phi) is 5.34. The molecule has 17 heavy (non-hydrogen) atoms. The van der Waals surface area contributed by atoms with Crippen molar-refractivity contribution in [2.24, 2.45) is 0 Å². The first kappa shape index (κ1) is 13.9. The summed E-state index contributed by atoms with van der Waals surface area (Å²) in [5, 5.41) is 15.6. The lowest BCUT2D eigenvalue weighted by atomic mass is 10.2. The minimum Gasteiger partial charge on any atom is -0.336 e. The zero-order valence-electron chi connectivity index (χ0n) is 10.8. The topological polar surface area (TPSA) is 66.9 Å². The van der Waals surface area contributed by atoms with Crippen LogP contribution < -0.4 is 10.6 Å². The van der Waals surface area contributed by atoms with Crippen LogP contribution in [-0.2, 0) is 6.54 Å². The Hall–Kier alpha value is -1.17. The first-order chi connectivity index (χ1) is 8.02. The molecule has 1 aromatic rings. The van der Waals surface area contributed by atoms with E-state index >= 15 is 0 Å². The summed E-state index contributed by atoms with van der Waals surface area (Å²) < 4.78 is 0. The average Bonchev–Trinajstić information content (AvgIpc) is 2.75. The lowest BCUT2D eigenvalue weighted by molar-refractivity contribution is 0.237. The molecule has 0 radical (unpaired) electrons. The molecule has 0 aliphatic rings. The molecule has 1 rings (SSSR count). The van der Waals surface area contributed by atoms with Crippen LogP contribution in [0.25, 0.3) is 0 Å². The summed E-state index contributed by atoms with van der Waals surface area (Å²) in [6.07, 6.45) is 0.920. The largest absolute Gasteiger partial charge is 0.336 e. The average molecular weight is 256 g/mol. The Labute approximate surface area is 106 Å². The zero-order valence-corrected chi connectivity index (χ0v) is 11.6. The maximum atomic E-state index is 11.5. The van der Waals surface area contributed by atoms with Gasteiger partial charge in [-0.25, -0.2) is 4.79 Å². The third-order valence-electron chi connectivity index (χ3n) is 2.37. The molecule has 2 amide bonds. The molecule has 0 unspecified atom stereocenters. The molecule has 1 aromatic heterocycles. The molecule has 0 spiro atoms. The van der Waals surface area contributed by atoms with Crippen molar-refractivity contribution in [3.63, 3.8) is 0 Å². The number of carbonyl (C=O) groups excluding carboxylic acids is 1. The molecule has 6 heteroatoms. The van der Waals surface area contributed by atoms with E-state index in [0.29, 0.717) is 12.5 Å². The second-order valence-electron chi connectivity index (χ2n) is 4.33. The van der Waals surface area contributed by atoms with Gasteiger partial charge in [0.1, 0.15) is 10.0 Å². The van der Waals surface area contributed by atoms with Crippen molar-refractivity contribution in [1.29, 1.82) is 0 Å². The third-order valence-corrected chi connectivity index (χ3v) is 3.59. The molecule has 0 aliphatic carbocycles. The third kappa shape index (κ3) is 4.68. The first-order valence-electron chi connectivity index (χ1n) is 5.89. The molecule has 0 aliphatic heterocycles. The molecule has 1 heterocycles. The van der Waals surface area contributed by atoms with Crippen molar-refractivity contribution in [2.75, 3.05) is 0 Å². The molecule has 0 saturated carbocycles. The van der Waals surface area contributed by atoms with E-state index < -0.39 is 0 Å². The second kappa shape index (κ2) is 6.54. The monoisotopic (exact) mass is 256 g/mol. The van der Waals surface area contributed by atoms with Crippen molar-refractivity contribution < 1.29 is 4.79 Å². The quantitative estimate of drug-likeness (QED) is 0.849. The highest BCUT2D eigenvalue weighted by molar-refractivity contribution is 7.11. The van der Waals surface area contributed by atoms with Crippen LogP contribution in [0.3, 0.4) is 0 Å². The van der Waals surface area contributed by atoms with E-state index in [0.717, 1.165) is 16.4 Å². The van der Waals surface area contributed by atoms with E-state index in [9.17, 15) is 4.79 Å². The molecular weight excluding hydrogens is 236 g/mol. The summed E-state index contributed by atoms with van der Waals surface area (Å²) >= 11 is 1.54. The highest BCUT2D eigenvalue weighted by Gasteiger charge is 2.09. The van der Waals surface area contributed by atoms with Gasteiger partial charge in [0.2, 0.25) is 0 Å². The normalized spacial score (nSPS) is 12.5. The minimum atomic E-state index is -0.152. The highest BCUT2D eigenvalue weighted by atomic mass is 32.1. The van der Waals surface area contributed by atoms with Gasteiger partial charge < -0.3 is 10.6 Å². The molecule has 0 saturated heterocycles. The van der Waals surface area contributed by atoms with Crippen LogP contribution in [0, 0.1) is 0 Å². The molecule has 0 fully saturated rings. The van der Waals surface area contributed by atoms with Gasteiger partial charge in [-0.3, -0.25) is 0 Å². The number of amides is 2. The first-order valence-corrected chi connectivity index (χ1v) is 6.71. The minimum absolute atomic E-state index is 0.152. The summed E-state index contributed by atoms with van der Waals surface area (Å²) in [4.78, 5) is 11.5. The van der Waals surface area contributed by atoms with Gasteiger partial charge in [-0.1, -0.05) is 32.1 Å². The summed E-state index contributed by atoms with van der Waals surface area (Å²) in [5.41, 5.74) is 0. The number of hydrogen-bond donors (Lipinski definition) is 2. The van der Waals surface area contributed by atoms with Gasteiger partial charge in [0.25, 0.3) is 0 Å². The van der Waals surface area contributed by atoms with Crippen molar-refractivity contribution in [3.8, 4) is 0 Å². The van der Waals surface area contributed by atoms with Crippen LogP contribution in [0.2, 0.25) is 0 Å². The number of rotatable bonds is 5. The predicted molar refractivity (Wildman–Crippen MR) is 69.1 cm³/mol. The fourth-order valence-electron chi connectivity index (χ4n) is 1.10. The Morgan fingerprint density at radius 3 is 2.59 bits per heavy atom. The summed E-state index contributed by atoms with van der Waals surface area (Å²) in [6, 6.07) is 0.0382. The smallest absolute Gasteiger partial charge is 0.315 e. The van der Waals surface area contributed by atoms with Gasteiger partial charge in [-0.15, -0.1) is 10.2 Å². The molecule has 1 atom stereocenters. The number of urea groups is 1. The molecule has 0 aromatic carbocycles. The Balaban J connectivity index is 2.37. The van der Waals surface area contributed by atoms with Gasteiger partial charge in [-0.05, 0) is 13.3 Å². The van der Waals surface area contributed by atoms with Crippen LogP contribution >= 0.6 is 11.3 Å². The van der Waals surface area contributed by atoms with Crippen LogP contribution in [0.5, 0.6) is 0 Å². The van der Waals surface area contributed by atoms with Crippen molar-refractivity contribution >= 4 is 17.4 Å². The number of hydrogen-bond acceptors (Lipinski definition) is 4. The van der Waals surface area contributed by atoms with Crippen molar-refractivity contribution in [1.82, 2.24) is 20.8 Å². The van der Waals surface area contributed by atoms with Crippen LogP contribution in [0.15, 0.2) is 0 Å². The van der Waals surface area contributed by atoms with Crippen molar-refractivity contribution in [2.45, 2.75) is 52.6 Å². The van der Waals surface area contributed by atoms with Crippen molar-refractivity contribution in [3.05, 3.63) is 10.0 Å². The molecule has 2 N–H and O–H groups in total. The van der Waals surface area contributed by atoms with E-state index in [4.69, 9.17) is 0 Å². The van der Waals surface area contributed by atoms with E-state index in [1.807, 2.05) is 13.8 Å². The summed E-state index contributed by atoms with van der Waals surface area (Å²) in [6.45, 7) is 8.60. The fraction of sp³-hybridized carbons (Fsp3) is 0.727. The van der Waals surface area contributed by atoms with E-state index in [-0.39, 0.29) is 12.1 Å². The van der Waals surface area contributed by atoms with Gasteiger partial charge in [0.05, 0.1) is 6.54 Å². The number of aromatic nitrogens is 2. The number of nitrogens with one attached hydrogen (secondary N) is 2. The zero-order chi connectivity index (χ0) is 12.8. The molecule has 5 nitrogen and oxygen atoms in total. The Morgan fingerprint density at radius 2 is 2.06 bits per heavy atom. The van der Waals surface area contributed by atoms with Gasteiger partial charge in [-0.2, -0.15) is 0 Å². The Morgan fingerprint density at radius 1 is 1.35 bits per heavy atom. The van der Waals surface area contributed by atoms with Gasteiger partial charge in [0, 0.05) is 12.0 Å². The second-order valence-corrected chi connectivity index (χ2v) is 5.42. The van der Waals surface area contributed by atoms with Crippen LogP contribution in [0.1, 0.15) is 50.0 Å². The SMILES string of the molecule is CC[C@@H](C)NC(=O)NCc1nnc(C(C)C)s1. The highest BCUT2D eigenvalue weighted by Crippen LogP contribution is 2.18. The predicted octanol–water partition coefficient (Wildman–Crippen LogP) is 2.26. The maximum Gasteiger partial charge on any atom is 0.315 e. The standard InChI is InChI=1S/C11H20N4OS/c1-5-8(4)13-11(16)12-6-9-14-15-10(17-9)7(2)3/h7-8H,5-6H2,1-4H3,(H2,12,13,16)/t8-/m1/s1. The lowest BCUT2D eigenvalue weighted by Crippen LogP contribution is -2.40.